The molecule has 0 radical (unpaired) electrons. The van der Waals surface area contributed by atoms with Gasteiger partial charge in [0.05, 0.1) is 5.69 Å². The monoisotopic (exact) mass is 382 g/mol. The number of anilines is 2. The summed E-state index contributed by atoms with van der Waals surface area (Å²) in [6, 6.07) is 5.63. The van der Waals surface area contributed by atoms with Gasteiger partial charge in [0.15, 0.2) is 0 Å². The Bertz CT molecular complexity index is 873. The molecule has 7 nitrogen and oxygen atoms in total. The molecule has 2 rings (SSSR count). The van der Waals surface area contributed by atoms with E-state index in [0.29, 0.717) is 5.69 Å². The van der Waals surface area contributed by atoms with Gasteiger partial charge in [0.25, 0.3) is 14.4 Å². The number of carbonyl (C=O) groups is 1. The topological polar surface area (TPSA) is 101 Å². The zero-order valence-electron chi connectivity index (χ0n) is 14.8. The van der Waals surface area contributed by atoms with Crippen LogP contribution in [0.3, 0.4) is 0 Å². The van der Waals surface area contributed by atoms with Gasteiger partial charge < -0.3 is 5.32 Å². The van der Waals surface area contributed by atoms with Crippen LogP contribution in [0, 0.1) is 12.8 Å². The van der Waals surface area contributed by atoms with Crippen LogP contribution in [-0.4, -0.2) is 24.5 Å². The summed E-state index contributed by atoms with van der Waals surface area (Å²) in [6.45, 7) is 9.31. The molecule has 2 N–H and O–H groups in total. The number of sulfonamides is 1. The Morgan fingerprint density at radius 2 is 1.84 bits per heavy atom. The van der Waals surface area contributed by atoms with Crippen molar-refractivity contribution < 1.29 is 13.2 Å². The van der Waals surface area contributed by atoms with E-state index in [4.69, 9.17) is 0 Å². The van der Waals surface area contributed by atoms with Crippen LogP contribution in [0.5, 0.6) is 0 Å². The second-order valence-electron chi connectivity index (χ2n) is 6.32. The van der Waals surface area contributed by atoms with E-state index in [1.807, 2.05) is 39.0 Å². The van der Waals surface area contributed by atoms with E-state index in [1.54, 1.807) is 13.8 Å². The second kappa shape index (κ2) is 7.49. The molecule has 0 spiro atoms. The highest BCUT2D eigenvalue weighted by Gasteiger charge is 2.23. The molecule has 0 aliphatic rings. The molecule has 0 aliphatic carbocycles. The average Bonchev–Trinajstić information content (AvgIpc) is 2.98. The maximum absolute atomic E-state index is 12.6. The van der Waals surface area contributed by atoms with Crippen LogP contribution in [0.1, 0.15) is 44.7 Å². The third-order valence-electron chi connectivity index (χ3n) is 3.55. The summed E-state index contributed by atoms with van der Waals surface area (Å²) < 4.78 is 27.7. The minimum absolute atomic E-state index is 0.160. The highest BCUT2D eigenvalue weighted by atomic mass is 32.2. The molecule has 0 fully saturated rings. The molecule has 1 amide bonds. The van der Waals surface area contributed by atoms with Crippen molar-refractivity contribution in [1.29, 1.82) is 0 Å². The second-order valence-corrected chi connectivity index (χ2v) is 9.15. The lowest BCUT2D eigenvalue weighted by Gasteiger charge is -2.16. The van der Waals surface area contributed by atoms with Gasteiger partial charge in [-0.05, 0) is 24.0 Å². The lowest BCUT2D eigenvalue weighted by molar-refractivity contribution is -0.118. The molecule has 0 saturated heterocycles. The Morgan fingerprint density at radius 3 is 2.44 bits per heavy atom. The quantitative estimate of drug-likeness (QED) is 0.746. The summed E-state index contributed by atoms with van der Waals surface area (Å²) in [7, 11) is -3.88. The van der Waals surface area contributed by atoms with Gasteiger partial charge in [-0.1, -0.05) is 57.2 Å². The predicted molar refractivity (Wildman–Crippen MR) is 99.5 cm³/mol. The first-order valence-electron chi connectivity index (χ1n) is 7.88. The number of hydrogen-bond acceptors (Lipinski definition) is 6. The van der Waals surface area contributed by atoms with Crippen LogP contribution >= 0.6 is 11.3 Å². The van der Waals surface area contributed by atoms with Crippen molar-refractivity contribution in [2.24, 2.45) is 5.92 Å². The zero-order valence-corrected chi connectivity index (χ0v) is 16.5. The highest BCUT2D eigenvalue weighted by molar-refractivity contribution is 7.94. The number of benzene rings is 1. The van der Waals surface area contributed by atoms with Gasteiger partial charge in [-0.2, -0.15) is 8.42 Å². The van der Waals surface area contributed by atoms with E-state index in [1.165, 1.54) is 0 Å². The molecule has 0 atom stereocenters. The molecule has 1 aromatic carbocycles. The molecule has 1 heterocycles. The van der Waals surface area contributed by atoms with E-state index in [0.717, 1.165) is 22.5 Å². The molecule has 136 valence electrons. The summed E-state index contributed by atoms with van der Waals surface area (Å²) in [4.78, 5) is 11.7. The Kier molecular flexibility index (Phi) is 5.79. The van der Waals surface area contributed by atoms with Crippen LogP contribution in [0.4, 0.5) is 10.8 Å². The normalized spacial score (nSPS) is 11.8. The van der Waals surface area contributed by atoms with E-state index in [9.17, 15) is 13.2 Å². The number of rotatable bonds is 6. The van der Waals surface area contributed by atoms with Crippen molar-refractivity contribution in [3.05, 3.63) is 29.3 Å². The molecule has 0 bridgehead atoms. The van der Waals surface area contributed by atoms with Gasteiger partial charge in [-0.25, -0.2) is 0 Å². The van der Waals surface area contributed by atoms with Crippen molar-refractivity contribution in [2.45, 2.75) is 44.9 Å². The van der Waals surface area contributed by atoms with Crippen LogP contribution in [-0.2, 0) is 14.8 Å². The van der Waals surface area contributed by atoms with Crippen LogP contribution in [0.25, 0.3) is 0 Å². The summed E-state index contributed by atoms with van der Waals surface area (Å²) in [5.74, 6) is -0.315. The van der Waals surface area contributed by atoms with E-state index in [2.05, 4.69) is 20.2 Å². The number of amides is 1. The van der Waals surface area contributed by atoms with Crippen molar-refractivity contribution in [3.63, 3.8) is 0 Å². The number of hydrogen-bond donors (Lipinski definition) is 2. The lowest BCUT2D eigenvalue weighted by atomic mass is 9.99. The summed E-state index contributed by atoms with van der Waals surface area (Å²) in [5.41, 5.74) is 2.29. The molecule has 9 heteroatoms. The van der Waals surface area contributed by atoms with Gasteiger partial charge >= 0.3 is 0 Å². The lowest BCUT2D eigenvalue weighted by Crippen LogP contribution is -2.17. The molecule has 25 heavy (non-hydrogen) atoms. The van der Waals surface area contributed by atoms with Crippen LogP contribution < -0.4 is 10.0 Å². The molecule has 0 aliphatic heterocycles. The summed E-state index contributed by atoms with van der Waals surface area (Å²) in [6.07, 6.45) is 0. The smallest absolute Gasteiger partial charge is 0.291 e. The first kappa shape index (κ1) is 19.3. The summed E-state index contributed by atoms with van der Waals surface area (Å²) >= 11 is 0.820. The Morgan fingerprint density at radius 1 is 1.16 bits per heavy atom. The molecular weight excluding hydrogens is 360 g/mol. The summed E-state index contributed by atoms with van der Waals surface area (Å²) in [5, 5.41) is 10.2. The number of aryl methyl sites for hydroxylation is 1. The number of aromatic nitrogens is 2. The fourth-order valence-corrected chi connectivity index (χ4v) is 4.17. The zero-order chi connectivity index (χ0) is 18.8. The number of nitrogens with one attached hydrogen (secondary N) is 2. The fourth-order valence-electron chi connectivity index (χ4n) is 2.11. The minimum Gasteiger partial charge on any atom is -0.300 e. The van der Waals surface area contributed by atoms with Crippen LogP contribution in [0.2, 0.25) is 0 Å². The third-order valence-corrected chi connectivity index (χ3v) is 6.11. The van der Waals surface area contributed by atoms with Crippen molar-refractivity contribution in [3.8, 4) is 0 Å². The van der Waals surface area contributed by atoms with E-state index < -0.39 is 10.0 Å². The molecule has 2 aromatic rings. The molecule has 0 unspecified atom stereocenters. The van der Waals surface area contributed by atoms with E-state index in [-0.39, 0.29) is 27.2 Å². The minimum atomic E-state index is -3.88. The van der Waals surface area contributed by atoms with Gasteiger partial charge in [0, 0.05) is 5.92 Å². The SMILES string of the molecule is Cc1cccc(C(C)C)c1NS(=O)(=O)c1nnc(NC(=O)C(C)C)s1. The van der Waals surface area contributed by atoms with Gasteiger partial charge in [0.2, 0.25) is 11.0 Å². The number of carbonyl (C=O) groups excluding carboxylic acids is 1. The first-order chi connectivity index (χ1) is 11.6. The van der Waals surface area contributed by atoms with Gasteiger partial charge in [-0.15, -0.1) is 10.2 Å². The van der Waals surface area contributed by atoms with Gasteiger partial charge in [0.1, 0.15) is 0 Å². The molecular formula is C16H22N4O3S2. The molecule has 0 saturated carbocycles. The Hall–Kier alpha value is -2.00. The maximum Gasteiger partial charge on any atom is 0.291 e. The van der Waals surface area contributed by atoms with Crippen LogP contribution in [0.15, 0.2) is 22.5 Å². The highest BCUT2D eigenvalue weighted by Crippen LogP contribution is 2.30. The van der Waals surface area contributed by atoms with Crippen molar-refractivity contribution in [1.82, 2.24) is 10.2 Å². The number of para-hydroxylation sites is 1. The fraction of sp³-hybridized carbons (Fsp3) is 0.438. The molecule has 1 aromatic heterocycles. The van der Waals surface area contributed by atoms with Crippen molar-refractivity contribution >= 4 is 38.1 Å². The first-order valence-corrected chi connectivity index (χ1v) is 10.2. The standard InChI is InChI=1S/C16H22N4O3S2/c1-9(2)12-8-6-7-11(5)13(12)20-25(22,23)16-19-18-15(24-16)17-14(21)10(3)4/h6-10,20H,1-5H3,(H,17,18,21). The number of nitrogens with zero attached hydrogens (tertiary/aromatic N) is 2. The van der Waals surface area contributed by atoms with E-state index >= 15 is 0 Å². The van der Waals surface area contributed by atoms with Crippen molar-refractivity contribution in [2.75, 3.05) is 10.0 Å². The Balaban J connectivity index is 2.29. The average molecular weight is 383 g/mol. The maximum atomic E-state index is 12.6. The van der Waals surface area contributed by atoms with Gasteiger partial charge in [-0.3, -0.25) is 9.52 Å². The Labute approximate surface area is 151 Å². The predicted octanol–water partition coefficient (Wildman–Crippen LogP) is 3.37. The third kappa shape index (κ3) is 4.55. The largest absolute Gasteiger partial charge is 0.300 e.